The zero-order valence-corrected chi connectivity index (χ0v) is 15.5. The Morgan fingerprint density at radius 2 is 1.66 bits per heavy atom. The lowest BCUT2D eigenvalue weighted by Crippen LogP contribution is -1.96. The highest BCUT2D eigenvalue weighted by Crippen LogP contribution is 2.43. The number of benzene rings is 3. The molecule has 5 rings (SSSR count). The van der Waals surface area contributed by atoms with Crippen LogP contribution in [0.5, 0.6) is 5.75 Å². The molecule has 0 bridgehead atoms. The Hall–Kier alpha value is -4.10. The minimum atomic E-state index is -0.0229. The van der Waals surface area contributed by atoms with Gasteiger partial charge < -0.3 is 9.15 Å². The van der Waals surface area contributed by atoms with E-state index in [4.69, 9.17) is 14.4 Å². The Labute approximate surface area is 167 Å². The normalized spacial score (nSPS) is 10.9. The fourth-order valence-corrected chi connectivity index (χ4v) is 3.70. The van der Waals surface area contributed by atoms with E-state index >= 15 is 0 Å². The predicted octanol–water partition coefficient (Wildman–Crippen LogP) is 6.22. The first-order chi connectivity index (χ1) is 14.4. The third-order valence-electron chi connectivity index (χ3n) is 4.93. The molecule has 0 spiro atoms. The molecule has 0 saturated heterocycles. The van der Waals surface area contributed by atoms with Crippen molar-refractivity contribution in [3.8, 4) is 34.3 Å². The second-order valence-corrected chi connectivity index (χ2v) is 6.63. The van der Waals surface area contributed by atoms with Gasteiger partial charge in [-0.2, -0.15) is 5.26 Å². The van der Waals surface area contributed by atoms with E-state index in [0.717, 1.165) is 38.8 Å². The Bertz CT molecular complexity index is 1360. The summed E-state index contributed by atoms with van der Waals surface area (Å²) in [5.41, 5.74) is 4.63. The van der Waals surface area contributed by atoms with Gasteiger partial charge in [-0.3, -0.25) is 4.98 Å². The Balaban J connectivity index is 1.82. The molecule has 0 aliphatic heterocycles. The van der Waals surface area contributed by atoms with Crippen LogP contribution in [0, 0.1) is 11.3 Å². The van der Waals surface area contributed by atoms with Gasteiger partial charge in [-0.15, -0.1) is 0 Å². The molecule has 0 aliphatic rings. The number of hydrogen-bond acceptors (Lipinski definition) is 4. The molecule has 5 aromatic rings. The Morgan fingerprint density at radius 1 is 0.862 bits per heavy atom. The number of furan rings is 1. The maximum atomic E-state index is 8.86. The lowest BCUT2D eigenvalue weighted by molar-refractivity contribution is 0.372. The lowest BCUT2D eigenvalue weighted by atomic mass is 9.96. The van der Waals surface area contributed by atoms with Crippen LogP contribution in [0.25, 0.3) is 44.3 Å². The van der Waals surface area contributed by atoms with Crippen LogP contribution in [0.2, 0.25) is 0 Å². The van der Waals surface area contributed by atoms with Crippen LogP contribution in [0.1, 0.15) is 0 Å². The first-order valence-electron chi connectivity index (χ1n) is 9.31. The van der Waals surface area contributed by atoms with E-state index < -0.39 is 0 Å². The molecule has 0 unspecified atom stereocenters. The predicted molar refractivity (Wildman–Crippen MR) is 113 cm³/mol. The molecule has 0 amide bonds. The maximum absolute atomic E-state index is 8.86. The summed E-state index contributed by atoms with van der Waals surface area (Å²) >= 11 is 0. The van der Waals surface area contributed by atoms with E-state index in [1.165, 1.54) is 0 Å². The largest absolute Gasteiger partial charge is 0.476 e. The van der Waals surface area contributed by atoms with Gasteiger partial charge in [0.25, 0.3) is 0 Å². The highest BCUT2D eigenvalue weighted by molar-refractivity contribution is 6.07. The molecule has 29 heavy (non-hydrogen) atoms. The Morgan fingerprint density at radius 3 is 2.52 bits per heavy atom. The van der Waals surface area contributed by atoms with E-state index in [-0.39, 0.29) is 6.61 Å². The van der Waals surface area contributed by atoms with Gasteiger partial charge in [0, 0.05) is 28.1 Å². The number of fused-ring (bicyclic) bond motifs is 2. The molecule has 3 aromatic carbocycles. The highest BCUT2D eigenvalue weighted by Gasteiger charge is 2.20. The van der Waals surface area contributed by atoms with Crippen molar-refractivity contribution < 1.29 is 9.15 Å². The molecular formula is C25H16N2O2. The van der Waals surface area contributed by atoms with Crippen LogP contribution in [0.15, 0.2) is 89.5 Å². The molecule has 0 fully saturated rings. The summed E-state index contributed by atoms with van der Waals surface area (Å²) in [6, 6.07) is 28.0. The monoisotopic (exact) mass is 376 g/mol. The number of nitrogens with zero attached hydrogens (tertiary/aromatic N) is 2. The summed E-state index contributed by atoms with van der Waals surface area (Å²) < 4.78 is 11.9. The summed E-state index contributed by atoms with van der Waals surface area (Å²) in [5.74, 6) is 1.38. The quantitative estimate of drug-likeness (QED) is 0.374. The standard InChI is InChI=1S/C25H16N2O2/c26-14-16-28-22-13-12-19(18-10-6-15-27-24(18)22)25-23(17-7-2-1-3-8-17)20-9-4-5-11-21(20)29-25/h1-13,15H,16H2. The average molecular weight is 376 g/mol. The van der Waals surface area contributed by atoms with Crippen LogP contribution < -0.4 is 4.74 Å². The van der Waals surface area contributed by atoms with Gasteiger partial charge in [0.2, 0.25) is 0 Å². The van der Waals surface area contributed by atoms with Gasteiger partial charge in [0.1, 0.15) is 28.7 Å². The van der Waals surface area contributed by atoms with Gasteiger partial charge in [-0.1, -0.05) is 54.6 Å². The molecule has 2 heterocycles. The van der Waals surface area contributed by atoms with Crippen molar-refractivity contribution in [3.05, 3.63) is 85.1 Å². The molecule has 0 saturated carbocycles. The third-order valence-corrected chi connectivity index (χ3v) is 4.93. The van der Waals surface area contributed by atoms with E-state index in [1.807, 2.05) is 66.7 Å². The van der Waals surface area contributed by atoms with Gasteiger partial charge in [0.05, 0.1) is 0 Å². The molecular weight excluding hydrogens is 360 g/mol. The van der Waals surface area contributed by atoms with Crippen LogP contribution in [0.4, 0.5) is 0 Å². The van der Waals surface area contributed by atoms with Crippen molar-refractivity contribution >= 4 is 21.9 Å². The molecule has 0 radical (unpaired) electrons. The number of aromatic nitrogens is 1. The van der Waals surface area contributed by atoms with Crippen LogP contribution in [-0.2, 0) is 0 Å². The van der Waals surface area contributed by atoms with Crippen molar-refractivity contribution in [1.82, 2.24) is 4.98 Å². The fourth-order valence-electron chi connectivity index (χ4n) is 3.70. The molecule has 0 atom stereocenters. The summed E-state index contributed by atoms with van der Waals surface area (Å²) in [6.07, 6.45) is 1.72. The molecule has 138 valence electrons. The van der Waals surface area contributed by atoms with Crippen molar-refractivity contribution in [2.45, 2.75) is 0 Å². The zero-order chi connectivity index (χ0) is 19.6. The second kappa shape index (κ2) is 7.14. The van der Waals surface area contributed by atoms with Gasteiger partial charge in [-0.25, -0.2) is 0 Å². The van der Waals surface area contributed by atoms with Crippen molar-refractivity contribution in [1.29, 1.82) is 5.26 Å². The fraction of sp³-hybridized carbons (Fsp3) is 0.0400. The van der Waals surface area contributed by atoms with Crippen LogP contribution in [-0.4, -0.2) is 11.6 Å². The smallest absolute Gasteiger partial charge is 0.174 e. The minimum Gasteiger partial charge on any atom is -0.476 e. The molecule has 0 aliphatic carbocycles. The first-order valence-corrected chi connectivity index (χ1v) is 9.31. The van der Waals surface area contributed by atoms with Gasteiger partial charge in [0.15, 0.2) is 6.61 Å². The first kappa shape index (κ1) is 17.0. The molecule has 2 aromatic heterocycles. The van der Waals surface area contributed by atoms with E-state index in [9.17, 15) is 0 Å². The van der Waals surface area contributed by atoms with E-state index in [2.05, 4.69) is 23.2 Å². The number of hydrogen-bond donors (Lipinski definition) is 0. The number of ether oxygens (including phenoxy) is 1. The average Bonchev–Trinajstić information content (AvgIpc) is 3.17. The second-order valence-electron chi connectivity index (χ2n) is 6.63. The lowest BCUT2D eigenvalue weighted by Gasteiger charge is -2.10. The van der Waals surface area contributed by atoms with Gasteiger partial charge >= 0.3 is 0 Å². The van der Waals surface area contributed by atoms with Crippen molar-refractivity contribution in [3.63, 3.8) is 0 Å². The van der Waals surface area contributed by atoms with Crippen LogP contribution >= 0.6 is 0 Å². The summed E-state index contributed by atoms with van der Waals surface area (Å²) in [7, 11) is 0. The summed E-state index contributed by atoms with van der Waals surface area (Å²) in [6.45, 7) is -0.0229. The third kappa shape index (κ3) is 2.90. The molecule has 4 nitrogen and oxygen atoms in total. The summed E-state index contributed by atoms with van der Waals surface area (Å²) in [5, 5.41) is 10.8. The maximum Gasteiger partial charge on any atom is 0.174 e. The number of para-hydroxylation sites is 1. The van der Waals surface area contributed by atoms with Gasteiger partial charge in [-0.05, 0) is 29.8 Å². The van der Waals surface area contributed by atoms with E-state index in [1.54, 1.807) is 6.20 Å². The topological polar surface area (TPSA) is 59.0 Å². The SMILES string of the molecule is N#CCOc1ccc(-c2oc3ccccc3c2-c2ccccc2)c2cccnc12. The van der Waals surface area contributed by atoms with Crippen LogP contribution in [0.3, 0.4) is 0 Å². The number of pyridine rings is 1. The van der Waals surface area contributed by atoms with Crippen molar-refractivity contribution in [2.24, 2.45) is 0 Å². The Kier molecular flexibility index (Phi) is 4.19. The molecule has 4 heteroatoms. The van der Waals surface area contributed by atoms with E-state index in [0.29, 0.717) is 11.3 Å². The molecule has 0 N–H and O–H groups in total. The zero-order valence-electron chi connectivity index (χ0n) is 15.5. The van der Waals surface area contributed by atoms with Crippen molar-refractivity contribution in [2.75, 3.05) is 6.61 Å². The minimum absolute atomic E-state index is 0.0229. The summed E-state index contributed by atoms with van der Waals surface area (Å²) in [4.78, 5) is 4.50. The number of rotatable bonds is 4. The number of nitriles is 1. The highest BCUT2D eigenvalue weighted by atomic mass is 16.5.